The molecule has 0 saturated carbocycles. The maximum absolute atomic E-state index is 12.6. The molecule has 0 aromatic carbocycles. The Hall–Kier alpha value is -0.420. The summed E-state index contributed by atoms with van der Waals surface area (Å²) in [4.78, 5) is 14.6. The van der Waals surface area contributed by atoms with Gasteiger partial charge in [-0.2, -0.15) is 11.8 Å². The Morgan fingerprint density at radius 1 is 1.19 bits per heavy atom. The third kappa shape index (κ3) is 4.28. The second-order valence-electron chi connectivity index (χ2n) is 7.96. The number of carbonyl (C=O) groups is 1. The van der Waals surface area contributed by atoms with Crippen LogP contribution in [0.5, 0.6) is 0 Å². The van der Waals surface area contributed by atoms with Gasteiger partial charge in [-0.3, -0.25) is 0 Å². The zero-order valence-electron chi connectivity index (χ0n) is 14.3. The topological polar surface area (TPSA) is 44.4 Å². The standard InChI is InChI=1S/C16H31N3OS/c1-11-12(2)21-8-7-19(11)14(20)17-13-9-15(3,4)18-16(5,6)10-13/h11-13,18H,7-10H2,1-6H3,(H,17,20)/t11-,12-/m0/s1. The molecule has 122 valence electrons. The van der Waals surface area contributed by atoms with Crippen LogP contribution in [0.3, 0.4) is 0 Å². The number of urea groups is 1. The van der Waals surface area contributed by atoms with Crippen LogP contribution in [0.4, 0.5) is 4.79 Å². The first kappa shape index (κ1) is 16.9. The Morgan fingerprint density at radius 3 is 2.33 bits per heavy atom. The molecule has 0 unspecified atom stereocenters. The van der Waals surface area contributed by atoms with Crippen LogP contribution in [0, 0.1) is 0 Å². The van der Waals surface area contributed by atoms with Crippen LogP contribution in [0.15, 0.2) is 0 Å². The van der Waals surface area contributed by atoms with Crippen LogP contribution in [-0.2, 0) is 0 Å². The predicted octanol–water partition coefficient (Wildman–Crippen LogP) is 2.83. The van der Waals surface area contributed by atoms with E-state index < -0.39 is 0 Å². The molecular weight excluding hydrogens is 282 g/mol. The maximum atomic E-state index is 12.6. The highest BCUT2D eigenvalue weighted by Crippen LogP contribution is 2.29. The molecule has 2 amide bonds. The average Bonchev–Trinajstić information content (AvgIpc) is 2.28. The van der Waals surface area contributed by atoms with Gasteiger partial charge in [0.05, 0.1) is 0 Å². The van der Waals surface area contributed by atoms with Crippen molar-refractivity contribution in [3.63, 3.8) is 0 Å². The van der Waals surface area contributed by atoms with E-state index in [9.17, 15) is 4.79 Å². The van der Waals surface area contributed by atoms with Gasteiger partial charge in [0.1, 0.15) is 0 Å². The minimum absolute atomic E-state index is 0.0658. The van der Waals surface area contributed by atoms with Crippen LogP contribution in [0.2, 0.25) is 0 Å². The van der Waals surface area contributed by atoms with E-state index in [0.717, 1.165) is 25.1 Å². The van der Waals surface area contributed by atoms with E-state index in [1.165, 1.54) is 0 Å². The molecule has 2 aliphatic rings. The van der Waals surface area contributed by atoms with E-state index >= 15 is 0 Å². The SMILES string of the molecule is C[C@@H]1SCCN(C(=O)NC2CC(C)(C)NC(C)(C)C2)[C@H]1C. The number of amides is 2. The maximum Gasteiger partial charge on any atom is 0.317 e. The van der Waals surface area contributed by atoms with E-state index in [0.29, 0.717) is 11.3 Å². The summed E-state index contributed by atoms with van der Waals surface area (Å²) in [6.07, 6.45) is 1.96. The highest BCUT2D eigenvalue weighted by Gasteiger charge is 2.39. The van der Waals surface area contributed by atoms with Crippen molar-refractivity contribution >= 4 is 17.8 Å². The molecule has 4 nitrogen and oxygen atoms in total. The molecule has 2 fully saturated rings. The van der Waals surface area contributed by atoms with Crippen molar-refractivity contribution in [3.05, 3.63) is 0 Å². The van der Waals surface area contributed by atoms with Crippen molar-refractivity contribution in [2.24, 2.45) is 0 Å². The van der Waals surface area contributed by atoms with E-state index in [2.05, 4.69) is 52.2 Å². The molecule has 2 saturated heterocycles. The van der Waals surface area contributed by atoms with Gasteiger partial charge in [0, 0.05) is 40.7 Å². The number of carbonyl (C=O) groups excluding carboxylic acids is 1. The van der Waals surface area contributed by atoms with Gasteiger partial charge >= 0.3 is 6.03 Å². The molecule has 2 atom stereocenters. The van der Waals surface area contributed by atoms with Crippen LogP contribution in [0.25, 0.3) is 0 Å². The van der Waals surface area contributed by atoms with Crippen molar-refractivity contribution in [2.75, 3.05) is 12.3 Å². The fourth-order valence-corrected chi connectivity index (χ4v) is 5.00. The summed E-state index contributed by atoms with van der Waals surface area (Å²) in [7, 11) is 0. The summed E-state index contributed by atoms with van der Waals surface area (Å²) in [5.74, 6) is 1.04. The highest BCUT2D eigenvalue weighted by molar-refractivity contribution is 8.00. The van der Waals surface area contributed by atoms with Gasteiger partial charge in [-0.15, -0.1) is 0 Å². The Kier molecular flexibility index (Phi) is 4.84. The Labute approximate surface area is 133 Å². The first-order valence-corrected chi connectivity index (χ1v) is 9.13. The quantitative estimate of drug-likeness (QED) is 0.782. The Morgan fingerprint density at radius 2 is 1.76 bits per heavy atom. The molecule has 21 heavy (non-hydrogen) atoms. The summed E-state index contributed by atoms with van der Waals surface area (Å²) in [5.41, 5.74) is 0.132. The fraction of sp³-hybridized carbons (Fsp3) is 0.938. The van der Waals surface area contributed by atoms with Crippen LogP contribution >= 0.6 is 11.8 Å². The molecular formula is C16H31N3OS. The summed E-state index contributed by atoms with van der Waals surface area (Å²) in [6, 6.07) is 0.681. The molecule has 5 heteroatoms. The lowest BCUT2D eigenvalue weighted by Crippen LogP contribution is -2.63. The van der Waals surface area contributed by atoms with Crippen molar-refractivity contribution in [1.29, 1.82) is 0 Å². The second-order valence-corrected chi connectivity index (χ2v) is 9.44. The number of hydrogen-bond acceptors (Lipinski definition) is 3. The van der Waals surface area contributed by atoms with Gasteiger partial charge in [0.2, 0.25) is 0 Å². The molecule has 0 radical (unpaired) electrons. The van der Waals surface area contributed by atoms with E-state index in [4.69, 9.17) is 0 Å². The number of thioether (sulfide) groups is 1. The summed E-state index contributed by atoms with van der Waals surface area (Å²) in [5, 5.41) is 7.47. The molecule has 2 aliphatic heterocycles. The minimum Gasteiger partial charge on any atom is -0.335 e. The lowest BCUT2D eigenvalue weighted by atomic mass is 9.79. The molecule has 0 aromatic heterocycles. The summed E-state index contributed by atoms with van der Waals surface area (Å²) < 4.78 is 0. The number of rotatable bonds is 1. The zero-order chi connectivity index (χ0) is 15.8. The lowest BCUT2D eigenvalue weighted by molar-refractivity contribution is 0.134. The number of nitrogens with zero attached hydrogens (tertiary/aromatic N) is 1. The molecule has 2 heterocycles. The van der Waals surface area contributed by atoms with Crippen molar-refractivity contribution < 1.29 is 4.79 Å². The minimum atomic E-state index is 0.0658. The number of hydrogen-bond donors (Lipinski definition) is 2. The average molecular weight is 314 g/mol. The monoisotopic (exact) mass is 313 g/mol. The summed E-state index contributed by atoms with van der Waals surface area (Å²) in [6.45, 7) is 14.1. The molecule has 0 bridgehead atoms. The first-order valence-electron chi connectivity index (χ1n) is 8.08. The van der Waals surface area contributed by atoms with Gasteiger partial charge in [0.15, 0.2) is 0 Å². The van der Waals surface area contributed by atoms with Crippen molar-refractivity contribution in [3.8, 4) is 0 Å². The molecule has 0 aliphatic carbocycles. The van der Waals surface area contributed by atoms with Crippen molar-refractivity contribution in [1.82, 2.24) is 15.5 Å². The lowest BCUT2D eigenvalue weighted by Gasteiger charge is -2.47. The van der Waals surface area contributed by atoms with E-state index in [1.54, 1.807) is 0 Å². The van der Waals surface area contributed by atoms with Gasteiger partial charge < -0.3 is 15.5 Å². The van der Waals surface area contributed by atoms with Crippen molar-refractivity contribution in [2.45, 2.75) is 82.8 Å². The highest BCUT2D eigenvalue weighted by atomic mass is 32.2. The molecule has 2 N–H and O–H groups in total. The van der Waals surface area contributed by atoms with E-state index in [-0.39, 0.29) is 23.2 Å². The number of nitrogens with one attached hydrogen (secondary N) is 2. The van der Waals surface area contributed by atoms with E-state index in [1.807, 2.05) is 16.7 Å². The molecule has 0 spiro atoms. The predicted molar refractivity (Wildman–Crippen MR) is 90.9 cm³/mol. The van der Waals surface area contributed by atoms with Gasteiger partial charge in [-0.05, 0) is 47.5 Å². The largest absolute Gasteiger partial charge is 0.335 e. The van der Waals surface area contributed by atoms with Gasteiger partial charge in [-0.25, -0.2) is 4.79 Å². The normalized spacial score (nSPS) is 32.8. The number of piperidine rings is 1. The fourth-order valence-electron chi connectivity index (χ4n) is 3.90. The zero-order valence-corrected chi connectivity index (χ0v) is 15.1. The Balaban J connectivity index is 1.99. The second kappa shape index (κ2) is 5.99. The third-order valence-corrected chi connectivity index (χ3v) is 6.00. The molecule has 2 rings (SSSR count). The van der Waals surface area contributed by atoms with Crippen LogP contribution in [-0.4, -0.2) is 51.6 Å². The van der Waals surface area contributed by atoms with Crippen LogP contribution < -0.4 is 10.6 Å². The Bertz CT molecular complexity index is 381. The van der Waals surface area contributed by atoms with Gasteiger partial charge in [0.25, 0.3) is 0 Å². The van der Waals surface area contributed by atoms with Gasteiger partial charge in [-0.1, -0.05) is 6.92 Å². The third-order valence-electron chi connectivity index (χ3n) is 4.66. The smallest absolute Gasteiger partial charge is 0.317 e. The molecule has 0 aromatic rings. The first-order chi connectivity index (χ1) is 9.60. The summed E-state index contributed by atoms with van der Waals surface area (Å²) >= 11 is 1.96. The van der Waals surface area contributed by atoms with Crippen LogP contribution in [0.1, 0.15) is 54.4 Å².